The Morgan fingerprint density at radius 3 is 1.57 bits per heavy atom. The van der Waals surface area contributed by atoms with Crippen molar-refractivity contribution in [2.45, 2.75) is 90.9 Å². The molecular formula is C33H44ClNO2. The lowest BCUT2D eigenvalue weighted by Gasteiger charge is -2.10. The minimum atomic E-state index is 0.611. The molecule has 0 aliphatic rings. The Kier molecular flexibility index (Phi) is 13.4. The molecule has 0 atom stereocenters. The van der Waals surface area contributed by atoms with Crippen molar-refractivity contribution >= 4 is 11.6 Å². The highest BCUT2D eigenvalue weighted by molar-refractivity contribution is 6.33. The van der Waals surface area contributed by atoms with Crippen molar-refractivity contribution < 1.29 is 9.47 Å². The maximum Gasteiger partial charge on any atom is 0.139 e. The third-order valence-electron chi connectivity index (χ3n) is 6.70. The topological polar surface area (TPSA) is 31.4 Å². The summed E-state index contributed by atoms with van der Waals surface area (Å²) in [6.45, 7) is 5.99. The van der Waals surface area contributed by atoms with E-state index in [9.17, 15) is 0 Å². The quantitative estimate of drug-likeness (QED) is 0.156. The van der Waals surface area contributed by atoms with Gasteiger partial charge >= 0.3 is 0 Å². The van der Waals surface area contributed by atoms with Crippen LogP contribution in [0.1, 0.15) is 90.9 Å². The van der Waals surface area contributed by atoms with Crippen LogP contribution in [0.2, 0.25) is 5.02 Å². The summed E-state index contributed by atoms with van der Waals surface area (Å²) in [5, 5.41) is 0.611. The van der Waals surface area contributed by atoms with E-state index >= 15 is 0 Å². The summed E-state index contributed by atoms with van der Waals surface area (Å²) in [5.74, 6) is 1.67. The Bertz CT molecular complexity index is 1020. The molecule has 0 bridgehead atoms. The van der Waals surface area contributed by atoms with Gasteiger partial charge in [-0.1, -0.05) is 126 Å². The Hall–Kier alpha value is -2.52. The maximum absolute atomic E-state index is 6.56. The molecule has 2 aromatic carbocycles. The molecule has 3 rings (SSSR count). The molecular weight excluding hydrogens is 478 g/mol. The van der Waals surface area contributed by atoms with E-state index in [2.05, 4.69) is 67.4 Å². The van der Waals surface area contributed by atoms with Crippen molar-refractivity contribution in [3.8, 4) is 33.9 Å². The van der Waals surface area contributed by atoms with Crippen molar-refractivity contribution in [2.24, 2.45) is 0 Å². The number of rotatable bonds is 18. The van der Waals surface area contributed by atoms with Gasteiger partial charge in [0.15, 0.2) is 0 Å². The molecule has 200 valence electrons. The fourth-order valence-corrected chi connectivity index (χ4v) is 4.69. The number of nitrogens with zero attached hydrogens (tertiary/aromatic N) is 1. The Morgan fingerprint density at radius 2 is 1.03 bits per heavy atom. The molecule has 37 heavy (non-hydrogen) atoms. The number of unbranched alkanes of at least 4 members (excludes halogenated alkanes) is 10. The average Bonchev–Trinajstić information content (AvgIpc) is 2.93. The number of benzene rings is 2. The van der Waals surface area contributed by atoms with E-state index < -0.39 is 0 Å². The van der Waals surface area contributed by atoms with Crippen LogP contribution in [0.15, 0.2) is 60.8 Å². The van der Waals surface area contributed by atoms with E-state index in [-0.39, 0.29) is 0 Å². The first-order valence-corrected chi connectivity index (χ1v) is 14.7. The molecule has 0 saturated heterocycles. The van der Waals surface area contributed by atoms with Crippen molar-refractivity contribution in [3.63, 3.8) is 0 Å². The van der Waals surface area contributed by atoms with Gasteiger partial charge in [0.05, 0.1) is 30.1 Å². The SMILES string of the molecule is CCCCCCCCOc1ccc(-c2ccc(-c3ncc(OCCCCCCCC)cc3Cl)cc2)cc1. The van der Waals surface area contributed by atoms with Gasteiger partial charge in [-0.25, -0.2) is 0 Å². The summed E-state index contributed by atoms with van der Waals surface area (Å²) in [6.07, 6.45) is 16.9. The van der Waals surface area contributed by atoms with Gasteiger partial charge in [-0.2, -0.15) is 0 Å². The van der Waals surface area contributed by atoms with Crippen LogP contribution in [0.3, 0.4) is 0 Å². The zero-order chi connectivity index (χ0) is 26.1. The number of aromatic nitrogens is 1. The molecule has 3 aromatic rings. The van der Waals surface area contributed by atoms with Crippen LogP contribution in [0, 0.1) is 0 Å². The number of hydrogen-bond donors (Lipinski definition) is 0. The Morgan fingerprint density at radius 1 is 0.568 bits per heavy atom. The number of hydrogen-bond acceptors (Lipinski definition) is 3. The molecule has 0 spiro atoms. The van der Waals surface area contributed by atoms with Gasteiger partial charge in [-0.05, 0) is 36.1 Å². The predicted molar refractivity (Wildman–Crippen MR) is 158 cm³/mol. The minimum absolute atomic E-state index is 0.611. The van der Waals surface area contributed by atoms with Gasteiger partial charge in [0.1, 0.15) is 11.5 Å². The lowest BCUT2D eigenvalue weighted by molar-refractivity contribution is 0.303. The van der Waals surface area contributed by atoms with E-state index in [4.69, 9.17) is 21.1 Å². The molecule has 0 radical (unpaired) electrons. The first-order chi connectivity index (χ1) is 18.2. The smallest absolute Gasteiger partial charge is 0.139 e. The molecule has 4 heteroatoms. The second-order valence-electron chi connectivity index (χ2n) is 9.84. The lowest BCUT2D eigenvalue weighted by atomic mass is 10.0. The number of pyridine rings is 1. The van der Waals surface area contributed by atoms with Crippen LogP contribution in [0.4, 0.5) is 0 Å². The monoisotopic (exact) mass is 521 g/mol. The zero-order valence-corrected chi connectivity index (χ0v) is 23.6. The second kappa shape index (κ2) is 17.1. The second-order valence-corrected chi connectivity index (χ2v) is 10.2. The van der Waals surface area contributed by atoms with Crippen molar-refractivity contribution in [1.82, 2.24) is 4.98 Å². The summed E-state index contributed by atoms with van der Waals surface area (Å²) in [7, 11) is 0. The maximum atomic E-state index is 6.56. The highest BCUT2D eigenvalue weighted by Crippen LogP contribution is 2.31. The van der Waals surface area contributed by atoms with Crippen LogP contribution in [-0.2, 0) is 0 Å². The fourth-order valence-electron chi connectivity index (χ4n) is 4.42. The van der Waals surface area contributed by atoms with E-state index in [0.29, 0.717) is 11.6 Å². The third-order valence-corrected chi connectivity index (χ3v) is 6.98. The van der Waals surface area contributed by atoms with Crippen LogP contribution < -0.4 is 9.47 Å². The Balaban J connectivity index is 1.46. The summed E-state index contributed by atoms with van der Waals surface area (Å²) in [5.41, 5.74) is 4.09. The van der Waals surface area contributed by atoms with E-state index in [0.717, 1.165) is 53.3 Å². The van der Waals surface area contributed by atoms with E-state index in [1.54, 1.807) is 6.20 Å². The largest absolute Gasteiger partial charge is 0.494 e. The summed E-state index contributed by atoms with van der Waals surface area (Å²) in [6, 6.07) is 18.6. The van der Waals surface area contributed by atoms with Gasteiger partial charge in [-0.15, -0.1) is 0 Å². The molecule has 0 unspecified atom stereocenters. The van der Waals surface area contributed by atoms with Gasteiger partial charge in [-0.3, -0.25) is 4.98 Å². The van der Waals surface area contributed by atoms with Crippen LogP contribution in [0.5, 0.6) is 11.5 Å². The molecule has 1 heterocycles. The van der Waals surface area contributed by atoms with Gasteiger partial charge in [0.2, 0.25) is 0 Å². The molecule has 1 aromatic heterocycles. The molecule has 0 saturated carbocycles. The van der Waals surface area contributed by atoms with Gasteiger partial charge < -0.3 is 9.47 Å². The summed E-state index contributed by atoms with van der Waals surface area (Å²) < 4.78 is 11.8. The van der Waals surface area contributed by atoms with E-state index in [1.807, 2.05) is 6.07 Å². The summed E-state index contributed by atoms with van der Waals surface area (Å²) >= 11 is 6.56. The predicted octanol–water partition coefficient (Wildman–Crippen LogP) is 10.5. The number of halogens is 1. The highest BCUT2D eigenvalue weighted by atomic mass is 35.5. The third kappa shape index (κ3) is 10.4. The molecule has 0 fully saturated rings. The first kappa shape index (κ1) is 29.0. The molecule has 0 aliphatic heterocycles. The fraction of sp³-hybridized carbons (Fsp3) is 0.485. The van der Waals surface area contributed by atoms with Crippen LogP contribution >= 0.6 is 11.6 Å². The normalized spacial score (nSPS) is 11.0. The van der Waals surface area contributed by atoms with Crippen LogP contribution in [0.25, 0.3) is 22.4 Å². The van der Waals surface area contributed by atoms with Crippen molar-refractivity contribution in [3.05, 3.63) is 65.8 Å². The molecule has 0 aliphatic carbocycles. The Labute approximate surface area is 229 Å². The average molecular weight is 522 g/mol. The highest BCUT2D eigenvalue weighted by Gasteiger charge is 2.08. The van der Waals surface area contributed by atoms with E-state index in [1.165, 1.54) is 64.2 Å². The minimum Gasteiger partial charge on any atom is -0.494 e. The molecule has 0 N–H and O–H groups in total. The molecule has 0 amide bonds. The van der Waals surface area contributed by atoms with Crippen molar-refractivity contribution in [2.75, 3.05) is 13.2 Å². The van der Waals surface area contributed by atoms with Gasteiger partial charge in [0, 0.05) is 11.6 Å². The number of ether oxygens (including phenoxy) is 2. The van der Waals surface area contributed by atoms with Crippen LogP contribution in [-0.4, -0.2) is 18.2 Å². The summed E-state index contributed by atoms with van der Waals surface area (Å²) in [4.78, 5) is 4.58. The van der Waals surface area contributed by atoms with Crippen molar-refractivity contribution in [1.29, 1.82) is 0 Å². The first-order valence-electron chi connectivity index (χ1n) is 14.3. The van der Waals surface area contributed by atoms with Gasteiger partial charge in [0.25, 0.3) is 0 Å². The zero-order valence-electron chi connectivity index (χ0n) is 22.8. The standard InChI is InChI=1S/C33H44ClNO2/c1-3-5-7-9-11-13-23-36-30-21-19-28(20-22-30)27-15-17-29(18-16-27)33-32(34)25-31(26-35-33)37-24-14-12-10-8-6-4-2/h15-22,25-26H,3-14,23-24H2,1-2H3. The lowest BCUT2D eigenvalue weighted by Crippen LogP contribution is -1.98. The molecule has 3 nitrogen and oxygen atoms in total.